The van der Waals surface area contributed by atoms with E-state index < -0.39 is 0 Å². The van der Waals surface area contributed by atoms with Crippen molar-refractivity contribution in [3.63, 3.8) is 0 Å². The van der Waals surface area contributed by atoms with Crippen LogP contribution in [-0.2, 0) is 11.3 Å². The number of amides is 1. The molecule has 0 spiro atoms. The van der Waals surface area contributed by atoms with E-state index >= 15 is 0 Å². The smallest absolute Gasteiger partial charge is 0.255 e. The van der Waals surface area contributed by atoms with Gasteiger partial charge in [-0.05, 0) is 71.0 Å². The van der Waals surface area contributed by atoms with Gasteiger partial charge in [-0.25, -0.2) is 0 Å². The molecule has 1 N–H and O–H groups in total. The van der Waals surface area contributed by atoms with Crippen LogP contribution >= 0.6 is 22.6 Å². The number of nitrogens with one attached hydrogen (secondary N) is 1. The molecule has 0 fully saturated rings. The first kappa shape index (κ1) is 18.7. The van der Waals surface area contributed by atoms with Crippen LogP contribution in [0.2, 0.25) is 0 Å². The van der Waals surface area contributed by atoms with Crippen molar-refractivity contribution in [3.05, 3.63) is 57.2 Å². The van der Waals surface area contributed by atoms with Gasteiger partial charge in [0.1, 0.15) is 5.75 Å². The van der Waals surface area contributed by atoms with E-state index in [1.807, 2.05) is 30.3 Å². The SMILES string of the molecule is COc1ccc(C(=O)Nc2ccc(I)cc2)cc1COCC(C)C. The van der Waals surface area contributed by atoms with Crippen molar-refractivity contribution < 1.29 is 14.3 Å². The predicted molar refractivity (Wildman–Crippen MR) is 105 cm³/mol. The van der Waals surface area contributed by atoms with Gasteiger partial charge < -0.3 is 14.8 Å². The number of hydrogen-bond donors (Lipinski definition) is 1. The monoisotopic (exact) mass is 439 g/mol. The highest BCUT2D eigenvalue weighted by molar-refractivity contribution is 14.1. The van der Waals surface area contributed by atoms with Crippen LogP contribution in [0.1, 0.15) is 29.8 Å². The summed E-state index contributed by atoms with van der Waals surface area (Å²) in [5.74, 6) is 1.04. The second kappa shape index (κ2) is 9.03. The topological polar surface area (TPSA) is 47.6 Å². The van der Waals surface area contributed by atoms with Crippen molar-refractivity contribution in [1.29, 1.82) is 0 Å². The van der Waals surface area contributed by atoms with Crippen LogP contribution in [0.5, 0.6) is 5.75 Å². The summed E-state index contributed by atoms with van der Waals surface area (Å²) in [6, 6.07) is 13.1. The van der Waals surface area contributed by atoms with E-state index in [2.05, 4.69) is 41.8 Å². The molecule has 0 radical (unpaired) electrons. The maximum absolute atomic E-state index is 12.4. The van der Waals surface area contributed by atoms with E-state index in [4.69, 9.17) is 9.47 Å². The third-order valence-corrected chi connectivity index (χ3v) is 4.07. The molecule has 0 aliphatic heterocycles. The van der Waals surface area contributed by atoms with E-state index in [1.54, 1.807) is 19.2 Å². The molecule has 2 aromatic rings. The van der Waals surface area contributed by atoms with E-state index in [1.165, 1.54) is 0 Å². The number of hydrogen-bond acceptors (Lipinski definition) is 3. The van der Waals surface area contributed by atoms with Gasteiger partial charge >= 0.3 is 0 Å². The molecule has 128 valence electrons. The number of ether oxygens (including phenoxy) is 2. The van der Waals surface area contributed by atoms with Crippen molar-refractivity contribution in [1.82, 2.24) is 0 Å². The Kier molecular flexibility index (Phi) is 7.05. The molecule has 2 aromatic carbocycles. The summed E-state index contributed by atoms with van der Waals surface area (Å²) in [6.45, 7) is 5.29. The summed E-state index contributed by atoms with van der Waals surface area (Å²) in [6.07, 6.45) is 0. The number of halogens is 1. The molecule has 5 heteroatoms. The lowest BCUT2D eigenvalue weighted by atomic mass is 10.1. The van der Waals surface area contributed by atoms with Crippen LogP contribution in [0.15, 0.2) is 42.5 Å². The normalized spacial score (nSPS) is 10.7. The minimum absolute atomic E-state index is 0.149. The zero-order chi connectivity index (χ0) is 17.5. The first-order valence-corrected chi connectivity index (χ1v) is 8.89. The zero-order valence-corrected chi connectivity index (χ0v) is 16.3. The van der Waals surface area contributed by atoms with Crippen molar-refractivity contribution >= 4 is 34.2 Å². The van der Waals surface area contributed by atoms with E-state index in [9.17, 15) is 4.79 Å². The molecule has 24 heavy (non-hydrogen) atoms. The van der Waals surface area contributed by atoms with Gasteiger partial charge in [-0.1, -0.05) is 13.8 Å². The fourth-order valence-electron chi connectivity index (χ4n) is 2.17. The third-order valence-electron chi connectivity index (χ3n) is 3.35. The van der Waals surface area contributed by atoms with Crippen molar-refractivity contribution in [2.24, 2.45) is 5.92 Å². The maximum atomic E-state index is 12.4. The molecule has 4 nitrogen and oxygen atoms in total. The van der Waals surface area contributed by atoms with Crippen LogP contribution < -0.4 is 10.1 Å². The Labute approximate surface area is 156 Å². The number of methoxy groups -OCH3 is 1. The predicted octanol–water partition coefficient (Wildman–Crippen LogP) is 4.72. The second-order valence-corrected chi connectivity index (χ2v) is 7.14. The molecule has 0 bridgehead atoms. The van der Waals surface area contributed by atoms with Gasteiger partial charge in [0.05, 0.1) is 13.7 Å². The average Bonchev–Trinajstić information content (AvgIpc) is 2.56. The molecule has 2 rings (SSSR count). The Morgan fingerprint density at radius 1 is 1.17 bits per heavy atom. The summed E-state index contributed by atoms with van der Waals surface area (Å²) in [5.41, 5.74) is 2.22. The maximum Gasteiger partial charge on any atom is 0.255 e. The lowest BCUT2D eigenvalue weighted by Crippen LogP contribution is -2.13. The standard InChI is InChI=1S/C19H22INO3/c1-13(2)11-24-12-15-10-14(4-9-18(15)23-3)19(22)21-17-7-5-16(20)6-8-17/h4-10,13H,11-12H2,1-3H3,(H,21,22). The summed E-state index contributed by atoms with van der Waals surface area (Å²) in [5, 5.41) is 2.90. The van der Waals surface area contributed by atoms with Gasteiger partial charge in [-0.15, -0.1) is 0 Å². The Bertz CT molecular complexity index is 684. The van der Waals surface area contributed by atoms with E-state index in [0.29, 0.717) is 24.7 Å². The number of carbonyl (C=O) groups is 1. The van der Waals surface area contributed by atoms with E-state index in [0.717, 1.165) is 20.6 Å². The Balaban J connectivity index is 2.11. The van der Waals surface area contributed by atoms with Gasteiger partial charge in [0, 0.05) is 27.0 Å². The first-order chi connectivity index (χ1) is 11.5. The minimum Gasteiger partial charge on any atom is -0.496 e. The molecular weight excluding hydrogens is 417 g/mol. The quantitative estimate of drug-likeness (QED) is 0.635. The van der Waals surface area contributed by atoms with Crippen LogP contribution in [-0.4, -0.2) is 19.6 Å². The summed E-state index contributed by atoms with van der Waals surface area (Å²) in [7, 11) is 1.62. The van der Waals surface area contributed by atoms with Crippen LogP contribution in [0.4, 0.5) is 5.69 Å². The summed E-state index contributed by atoms with van der Waals surface area (Å²) >= 11 is 2.23. The largest absolute Gasteiger partial charge is 0.496 e. The molecule has 1 amide bonds. The Hall–Kier alpha value is -1.60. The molecule has 0 unspecified atom stereocenters. The number of benzene rings is 2. The molecule has 0 aliphatic carbocycles. The number of anilines is 1. The lowest BCUT2D eigenvalue weighted by Gasteiger charge is -2.12. The van der Waals surface area contributed by atoms with Gasteiger partial charge in [-0.2, -0.15) is 0 Å². The van der Waals surface area contributed by atoms with Gasteiger partial charge in [0.2, 0.25) is 0 Å². The van der Waals surface area contributed by atoms with E-state index in [-0.39, 0.29) is 5.91 Å². The molecule has 0 saturated carbocycles. The third kappa shape index (κ3) is 5.49. The molecule has 0 aromatic heterocycles. The first-order valence-electron chi connectivity index (χ1n) is 7.81. The summed E-state index contributed by atoms with van der Waals surface area (Å²) in [4.78, 5) is 12.4. The highest BCUT2D eigenvalue weighted by Crippen LogP contribution is 2.22. The number of carbonyl (C=O) groups excluding carboxylic acids is 1. The highest BCUT2D eigenvalue weighted by atomic mass is 127. The van der Waals surface area contributed by atoms with Crippen molar-refractivity contribution in [2.75, 3.05) is 19.0 Å². The fraction of sp³-hybridized carbons (Fsp3) is 0.316. The van der Waals surface area contributed by atoms with Gasteiger partial charge in [0.25, 0.3) is 5.91 Å². The molecule has 0 atom stereocenters. The van der Waals surface area contributed by atoms with Crippen LogP contribution in [0, 0.1) is 9.49 Å². The molecule has 0 aliphatic rings. The minimum atomic E-state index is -0.149. The second-order valence-electron chi connectivity index (χ2n) is 5.90. The molecule has 0 saturated heterocycles. The van der Waals surface area contributed by atoms with Crippen molar-refractivity contribution in [3.8, 4) is 5.75 Å². The van der Waals surface area contributed by atoms with Crippen LogP contribution in [0.3, 0.4) is 0 Å². The Morgan fingerprint density at radius 2 is 1.88 bits per heavy atom. The average molecular weight is 439 g/mol. The Morgan fingerprint density at radius 3 is 2.50 bits per heavy atom. The zero-order valence-electron chi connectivity index (χ0n) is 14.1. The number of rotatable bonds is 7. The summed E-state index contributed by atoms with van der Waals surface area (Å²) < 4.78 is 12.2. The van der Waals surface area contributed by atoms with Crippen LogP contribution in [0.25, 0.3) is 0 Å². The van der Waals surface area contributed by atoms with Gasteiger partial charge in [0.15, 0.2) is 0 Å². The molecule has 0 heterocycles. The fourth-order valence-corrected chi connectivity index (χ4v) is 2.53. The van der Waals surface area contributed by atoms with Gasteiger partial charge in [-0.3, -0.25) is 4.79 Å². The molecular formula is C19H22INO3. The highest BCUT2D eigenvalue weighted by Gasteiger charge is 2.11. The van der Waals surface area contributed by atoms with Crippen molar-refractivity contribution in [2.45, 2.75) is 20.5 Å². The lowest BCUT2D eigenvalue weighted by molar-refractivity contribution is 0.0952.